The van der Waals surface area contributed by atoms with E-state index in [-0.39, 0.29) is 0 Å². The van der Waals surface area contributed by atoms with E-state index < -0.39 is 11.6 Å². The molecule has 1 heterocycles. The summed E-state index contributed by atoms with van der Waals surface area (Å²) in [4.78, 5) is 0. The number of rotatable bonds is 3. The van der Waals surface area contributed by atoms with Crippen molar-refractivity contribution in [3.8, 4) is 0 Å². The van der Waals surface area contributed by atoms with E-state index in [9.17, 15) is 8.78 Å². The van der Waals surface area contributed by atoms with E-state index in [1.54, 1.807) is 4.68 Å². The standard InChI is InChI=1S/C12H13F2N3/c1-8-12(7-17(2)16-8)15-6-9-3-4-10(13)5-11(9)14/h3-5,7,15H,6H2,1-2H3. The average Bonchev–Trinajstić information content (AvgIpc) is 2.56. The SMILES string of the molecule is Cc1nn(C)cc1NCc1ccc(F)cc1F. The van der Waals surface area contributed by atoms with Gasteiger partial charge in [0.15, 0.2) is 0 Å². The third-order valence-corrected chi connectivity index (χ3v) is 2.50. The molecule has 0 amide bonds. The van der Waals surface area contributed by atoms with Gasteiger partial charge in [0.1, 0.15) is 11.6 Å². The van der Waals surface area contributed by atoms with Gasteiger partial charge in [0.25, 0.3) is 0 Å². The first-order valence-electron chi connectivity index (χ1n) is 5.24. The van der Waals surface area contributed by atoms with Gasteiger partial charge < -0.3 is 5.32 Å². The van der Waals surface area contributed by atoms with E-state index in [1.807, 2.05) is 20.2 Å². The lowest BCUT2D eigenvalue weighted by molar-refractivity contribution is 0.574. The summed E-state index contributed by atoms with van der Waals surface area (Å²) in [5, 5.41) is 7.22. The highest BCUT2D eigenvalue weighted by Gasteiger charge is 2.06. The van der Waals surface area contributed by atoms with Crippen molar-refractivity contribution in [2.24, 2.45) is 7.05 Å². The molecule has 0 saturated heterocycles. The molecular formula is C12H13F2N3. The highest BCUT2D eigenvalue weighted by atomic mass is 19.1. The Morgan fingerprint density at radius 1 is 1.35 bits per heavy atom. The van der Waals surface area contributed by atoms with Crippen LogP contribution in [0.1, 0.15) is 11.3 Å². The zero-order valence-electron chi connectivity index (χ0n) is 9.67. The quantitative estimate of drug-likeness (QED) is 0.889. The minimum atomic E-state index is -0.566. The minimum absolute atomic E-state index is 0.304. The molecule has 1 N–H and O–H groups in total. The Labute approximate surface area is 98.1 Å². The van der Waals surface area contributed by atoms with Gasteiger partial charge in [-0.25, -0.2) is 8.78 Å². The summed E-state index contributed by atoms with van der Waals surface area (Å²) >= 11 is 0. The molecule has 0 aliphatic carbocycles. The molecule has 0 spiro atoms. The third-order valence-electron chi connectivity index (χ3n) is 2.50. The molecule has 0 aliphatic heterocycles. The van der Waals surface area contributed by atoms with Crippen LogP contribution >= 0.6 is 0 Å². The number of aryl methyl sites for hydroxylation is 2. The Bertz CT molecular complexity index is 535. The molecule has 2 aromatic rings. The van der Waals surface area contributed by atoms with Crippen LogP contribution in [-0.2, 0) is 13.6 Å². The first-order valence-corrected chi connectivity index (χ1v) is 5.24. The fourth-order valence-corrected chi connectivity index (χ4v) is 1.63. The molecule has 0 unspecified atom stereocenters. The highest BCUT2D eigenvalue weighted by Crippen LogP contribution is 2.15. The monoisotopic (exact) mass is 237 g/mol. The molecule has 2 rings (SSSR count). The van der Waals surface area contributed by atoms with Crippen molar-refractivity contribution < 1.29 is 8.78 Å². The Hall–Kier alpha value is -1.91. The topological polar surface area (TPSA) is 29.9 Å². The van der Waals surface area contributed by atoms with Gasteiger partial charge >= 0.3 is 0 Å². The van der Waals surface area contributed by atoms with Crippen molar-refractivity contribution in [3.63, 3.8) is 0 Å². The maximum atomic E-state index is 13.4. The molecule has 90 valence electrons. The molecule has 1 aromatic heterocycles. The Balaban J connectivity index is 2.10. The third kappa shape index (κ3) is 2.61. The largest absolute Gasteiger partial charge is 0.378 e. The average molecular weight is 237 g/mol. The molecule has 0 atom stereocenters. The van der Waals surface area contributed by atoms with Gasteiger partial charge in [-0.3, -0.25) is 4.68 Å². The van der Waals surface area contributed by atoms with Crippen LogP contribution in [0.15, 0.2) is 24.4 Å². The molecule has 0 bridgehead atoms. The molecule has 0 radical (unpaired) electrons. The lowest BCUT2D eigenvalue weighted by atomic mass is 10.2. The summed E-state index contributed by atoms with van der Waals surface area (Å²) in [5.41, 5.74) is 2.11. The zero-order valence-corrected chi connectivity index (χ0v) is 9.67. The summed E-state index contributed by atoms with van der Waals surface area (Å²) in [6, 6.07) is 3.56. The Morgan fingerprint density at radius 2 is 2.12 bits per heavy atom. The summed E-state index contributed by atoms with van der Waals surface area (Å²) < 4.78 is 27.7. The van der Waals surface area contributed by atoms with E-state index >= 15 is 0 Å². The number of halogens is 2. The van der Waals surface area contributed by atoms with Crippen LogP contribution in [0, 0.1) is 18.6 Å². The lowest BCUT2D eigenvalue weighted by Gasteiger charge is -2.06. The zero-order chi connectivity index (χ0) is 12.4. The molecular weight excluding hydrogens is 224 g/mol. The van der Waals surface area contributed by atoms with E-state index in [0.29, 0.717) is 12.1 Å². The van der Waals surface area contributed by atoms with Gasteiger partial charge in [0.2, 0.25) is 0 Å². The first-order chi connectivity index (χ1) is 8.06. The second kappa shape index (κ2) is 4.53. The smallest absolute Gasteiger partial charge is 0.131 e. The van der Waals surface area contributed by atoms with Crippen LogP contribution in [0.4, 0.5) is 14.5 Å². The van der Waals surface area contributed by atoms with Gasteiger partial charge in [0.05, 0.1) is 11.4 Å². The molecule has 5 heteroatoms. The molecule has 17 heavy (non-hydrogen) atoms. The minimum Gasteiger partial charge on any atom is -0.378 e. The van der Waals surface area contributed by atoms with Crippen LogP contribution in [0.25, 0.3) is 0 Å². The summed E-state index contributed by atoms with van der Waals surface area (Å²) in [5.74, 6) is -1.11. The Morgan fingerprint density at radius 3 is 2.71 bits per heavy atom. The van der Waals surface area contributed by atoms with Crippen LogP contribution in [0.2, 0.25) is 0 Å². The van der Waals surface area contributed by atoms with Crippen LogP contribution in [0.5, 0.6) is 0 Å². The number of aromatic nitrogens is 2. The molecule has 1 aromatic carbocycles. The number of hydrogen-bond donors (Lipinski definition) is 1. The van der Waals surface area contributed by atoms with Crippen molar-refractivity contribution in [2.75, 3.05) is 5.32 Å². The van der Waals surface area contributed by atoms with E-state index in [2.05, 4.69) is 10.4 Å². The maximum Gasteiger partial charge on any atom is 0.131 e. The fourth-order valence-electron chi connectivity index (χ4n) is 1.63. The highest BCUT2D eigenvalue weighted by molar-refractivity contribution is 5.46. The number of hydrogen-bond acceptors (Lipinski definition) is 2. The predicted molar refractivity (Wildman–Crippen MR) is 61.6 cm³/mol. The lowest BCUT2D eigenvalue weighted by Crippen LogP contribution is -2.02. The number of anilines is 1. The number of benzene rings is 1. The summed E-state index contributed by atoms with van der Waals surface area (Å²) in [7, 11) is 1.82. The molecule has 0 fully saturated rings. The summed E-state index contributed by atoms with van der Waals surface area (Å²) in [6.45, 7) is 2.17. The van der Waals surface area contributed by atoms with Crippen LogP contribution in [-0.4, -0.2) is 9.78 Å². The van der Waals surface area contributed by atoms with Gasteiger partial charge in [-0.15, -0.1) is 0 Å². The van der Waals surface area contributed by atoms with Crippen molar-refractivity contribution in [1.29, 1.82) is 0 Å². The predicted octanol–water partition coefficient (Wildman–Crippen LogP) is 2.62. The van der Waals surface area contributed by atoms with Gasteiger partial charge in [-0.2, -0.15) is 5.10 Å². The van der Waals surface area contributed by atoms with Crippen molar-refractivity contribution in [2.45, 2.75) is 13.5 Å². The fraction of sp³-hybridized carbons (Fsp3) is 0.250. The number of nitrogens with one attached hydrogen (secondary N) is 1. The second-order valence-electron chi connectivity index (χ2n) is 3.89. The van der Waals surface area contributed by atoms with E-state index in [4.69, 9.17) is 0 Å². The normalized spacial score (nSPS) is 10.6. The van der Waals surface area contributed by atoms with Crippen LogP contribution < -0.4 is 5.32 Å². The second-order valence-corrected chi connectivity index (χ2v) is 3.89. The van der Waals surface area contributed by atoms with E-state index in [0.717, 1.165) is 17.4 Å². The van der Waals surface area contributed by atoms with E-state index in [1.165, 1.54) is 12.1 Å². The van der Waals surface area contributed by atoms with Gasteiger partial charge in [-0.1, -0.05) is 6.07 Å². The van der Waals surface area contributed by atoms with Gasteiger partial charge in [0, 0.05) is 31.4 Å². The molecule has 0 saturated carbocycles. The number of nitrogens with zero attached hydrogens (tertiary/aromatic N) is 2. The van der Waals surface area contributed by atoms with Gasteiger partial charge in [-0.05, 0) is 13.0 Å². The Kier molecular flexibility index (Phi) is 3.08. The first kappa shape index (κ1) is 11.6. The van der Waals surface area contributed by atoms with Crippen molar-refractivity contribution >= 4 is 5.69 Å². The van der Waals surface area contributed by atoms with Crippen LogP contribution in [0.3, 0.4) is 0 Å². The maximum absolute atomic E-state index is 13.4. The molecule has 3 nitrogen and oxygen atoms in total. The summed E-state index contributed by atoms with van der Waals surface area (Å²) in [6.07, 6.45) is 1.82. The molecule has 0 aliphatic rings. The van der Waals surface area contributed by atoms with Crippen molar-refractivity contribution in [3.05, 3.63) is 47.3 Å². The van der Waals surface area contributed by atoms with Crippen molar-refractivity contribution in [1.82, 2.24) is 9.78 Å².